The van der Waals surface area contributed by atoms with Crippen LogP contribution in [0.2, 0.25) is 0 Å². The van der Waals surface area contributed by atoms with Crippen LogP contribution in [-0.2, 0) is 9.47 Å². The highest BCUT2D eigenvalue weighted by atomic mass is 16.6. The molecule has 19 heavy (non-hydrogen) atoms. The van der Waals surface area contributed by atoms with Gasteiger partial charge in [-0.3, -0.25) is 0 Å². The Morgan fingerprint density at radius 2 is 2.37 bits per heavy atom. The molecule has 4 nitrogen and oxygen atoms in total. The Morgan fingerprint density at radius 1 is 1.47 bits per heavy atom. The summed E-state index contributed by atoms with van der Waals surface area (Å²) in [4.78, 5) is 11.9. The fourth-order valence-electron chi connectivity index (χ4n) is 1.96. The van der Waals surface area contributed by atoms with Crippen LogP contribution >= 0.6 is 0 Å². The van der Waals surface area contributed by atoms with Crippen molar-refractivity contribution in [2.45, 2.75) is 32.3 Å². The van der Waals surface area contributed by atoms with E-state index in [1.807, 2.05) is 13.0 Å². The van der Waals surface area contributed by atoms with Crippen LogP contribution in [0.3, 0.4) is 0 Å². The molecule has 0 spiro atoms. The van der Waals surface area contributed by atoms with E-state index in [4.69, 9.17) is 14.2 Å². The van der Waals surface area contributed by atoms with Crippen LogP contribution in [0.4, 0.5) is 0 Å². The third-order valence-corrected chi connectivity index (χ3v) is 2.97. The van der Waals surface area contributed by atoms with E-state index >= 15 is 0 Å². The van der Waals surface area contributed by atoms with Gasteiger partial charge in [-0.1, -0.05) is 13.0 Å². The molecular formula is C15H20O4. The van der Waals surface area contributed by atoms with Crippen molar-refractivity contribution in [3.8, 4) is 5.75 Å². The zero-order chi connectivity index (χ0) is 13.5. The molecule has 0 aromatic heterocycles. The first-order chi connectivity index (χ1) is 9.29. The van der Waals surface area contributed by atoms with Gasteiger partial charge < -0.3 is 14.2 Å². The maximum absolute atomic E-state index is 11.9. The lowest BCUT2D eigenvalue weighted by Gasteiger charge is -2.11. The van der Waals surface area contributed by atoms with Gasteiger partial charge in [0.1, 0.15) is 12.4 Å². The van der Waals surface area contributed by atoms with E-state index in [0.29, 0.717) is 24.5 Å². The summed E-state index contributed by atoms with van der Waals surface area (Å²) in [6, 6.07) is 7.09. The first-order valence-corrected chi connectivity index (χ1v) is 6.81. The van der Waals surface area contributed by atoms with Gasteiger partial charge in [-0.05, 0) is 37.5 Å². The average Bonchev–Trinajstić information content (AvgIpc) is 2.96. The lowest BCUT2D eigenvalue weighted by molar-refractivity contribution is 0.0161. The Bertz CT molecular complexity index is 410. The summed E-state index contributed by atoms with van der Waals surface area (Å²) in [6.45, 7) is 3.79. The summed E-state index contributed by atoms with van der Waals surface area (Å²) < 4.78 is 16.2. The van der Waals surface area contributed by atoms with Crippen molar-refractivity contribution in [2.75, 3.05) is 19.8 Å². The number of hydrogen-bond acceptors (Lipinski definition) is 4. The molecule has 4 heteroatoms. The highest BCUT2D eigenvalue weighted by Gasteiger charge is 2.18. The number of carbonyl (C=O) groups excluding carboxylic acids is 1. The lowest BCUT2D eigenvalue weighted by atomic mass is 10.2. The van der Waals surface area contributed by atoms with Crippen LogP contribution < -0.4 is 4.74 Å². The lowest BCUT2D eigenvalue weighted by Crippen LogP contribution is -2.17. The first kappa shape index (κ1) is 13.9. The molecule has 1 aliphatic heterocycles. The Hall–Kier alpha value is -1.55. The Morgan fingerprint density at radius 3 is 3.11 bits per heavy atom. The first-order valence-electron chi connectivity index (χ1n) is 6.81. The van der Waals surface area contributed by atoms with Gasteiger partial charge >= 0.3 is 5.97 Å². The van der Waals surface area contributed by atoms with Gasteiger partial charge in [0.05, 0.1) is 18.3 Å². The van der Waals surface area contributed by atoms with Gasteiger partial charge in [-0.25, -0.2) is 4.79 Å². The average molecular weight is 264 g/mol. The summed E-state index contributed by atoms with van der Waals surface area (Å²) in [5, 5.41) is 0. The van der Waals surface area contributed by atoms with E-state index in [-0.39, 0.29) is 12.1 Å². The van der Waals surface area contributed by atoms with Crippen molar-refractivity contribution in [1.82, 2.24) is 0 Å². The third kappa shape index (κ3) is 4.24. The molecule has 0 amide bonds. The third-order valence-electron chi connectivity index (χ3n) is 2.97. The Kier molecular flexibility index (Phi) is 5.21. The molecule has 1 unspecified atom stereocenters. The summed E-state index contributed by atoms with van der Waals surface area (Å²) in [5.74, 6) is 0.380. The maximum atomic E-state index is 11.9. The van der Waals surface area contributed by atoms with Crippen molar-refractivity contribution in [3.63, 3.8) is 0 Å². The zero-order valence-electron chi connectivity index (χ0n) is 11.3. The SMILES string of the molecule is CCCOc1cccc(C(=O)OCC2CCCO2)c1. The van der Waals surface area contributed by atoms with Crippen LogP contribution in [-0.4, -0.2) is 31.9 Å². The molecule has 0 radical (unpaired) electrons. The fraction of sp³-hybridized carbons (Fsp3) is 0.533. The predicted octanol–water partition coefficient (Wildman–Crippen LogP) is 2.81. The molecule has 0 bridgehead atoms. The van der Waals surface area contributed by atoms with E-state index in [1.54, 1.807) is 18.2 Å². The van der Waals surface area contributed by atoms with Gasteiger partial charge in [-0.2, -0.15) is 0 Å². The summed E-state index contributed by atoms with van der Waals surface area (Å²) in [7, 11) is 0. The maximum Gasteiger partial charge on any atom is 0.338 e. The molecule has 0 N–H and O–H groups in total. The number of esters is 1. The molecule has 1 aromatic rings. The highest BCUT2D eigenvalue weighted by molar-refractivity contribution is 5.89. The molecule has 1 aliphatic rings. The summed E-state index contributed by atoms with van der Waals surface area (Å²) in [5.41, 5.74) is 0.520. The second kappa shape index (κ2) is 7.14. The molecule has 1 fully saturated rings. The van der Waals surface area contributed by atoms with Crippen LogP contribution in [0.15, 0.2) is 24.3 Å². The van der Waals surface area contributed by atoms with Gasteiger partial charge in [0.15, 0.2) is 0 Å². The van der Waals surface area contributed by atoms with E-state index in [2.05, 4.69) is 0 Å². The normalized spacial score (nSPS) is 18.3. The molecule has 2 rings (SSSR count). The molecule has 1 saturated heterocycles. The molecular weight excluding hydrogens is 244 g/mol. The van der Waals surface area contributed by atoms with Crippen LogP contribution in [0.25, 0.3) is 0 Å². The standard InChI is InChI=1S/C15H20O4/c1-2-8-17-13-6-3-5-12(10-13)15(16)19-11-14-7-4-9-18-14/h3,5-6,10,14H,2,4,7-9,11H2,1H3. The van der Waals surface area contributed by atoms with Crippen molar-refractivity contribution in [2.24, 2.45) is 0 Å². The molecule has 0 aliphatic carbocycles. The molecule has 0 saturated carbocycles. The minimum absolute atomic E-state index is 0.0588. The van der Waals surface area contributed by atoms with Crippen LogP contribution in [0, 0.1) is 0 Å². The van der Waals surface area contributed by atoms with Crippen LogP contribution in [0.1, 0.15) is 36.5 Å². The largest absolute Gasteiger partial charge is 0.494 e. The second-order valence-electron chi connectivity index (χ2n) is 4.61. The number of benzene rings is 1. The van der Waals surface area contributed by atoms with Crippen molar-refractivity contribution < 1.29 is 19.0 Å². The van der Waals surface area contributed by atoms with Gasteiger partial charge in [0.2, 0.25) is 0 Å². The molecule has 1 aromatic carbocycles. The smallest absolute Gasteiger partial charge is 0.338 e. The van der Waals surface area contributed by atoms with E-state index in [0.717, 1.165) is 25.9 Å². The Balaban J connectivity index is 1.86. The van der Waals surface area contributed by atoms with Crippen molar-refractivity contribution >= 4 is 5.97 Å². The van der Waals surface area contributed by atoms with E-state index in [9.17, 15) is 4.79 Å². The summed E-state index contributed by atoms with van der Waals surface area (Å²) >= 11 is 0. The second-order valence-corrected chi connectivity index (χ2v) is 4.61. The zero-order valence-corrected chi connectivity index (χ0v) is 11.3. The molecule has 104 valence electrons. The van der Waals surface area contributed by atoms with Gasteiger partial charge in [0, 0.05) is 6.61 Å². The van der Waals surface area contributed by atoms with Gasteiger partial charge in [-0.15, -0.1) is 0 Å². The predicted molar refractivity (Wildman–Crippen MR) is 71.5 cm³/mol. The molecule has 1 atom stereocenters. The number of rotatable bonds is 6. The summed E-state index contributed by atoms with van der Waals surface area (Å²) in [6.07, 6.45) is 3.01. The number of hydrogen-bond donors (Lipinski definition) is 0. The topological polar surface area (TPSA) is 44.8 Å². The van der Waals surface area contributed by atoms with Crippen LogP contribution in [0.5, 0.6) is 5.75 Å². The molecule has 1 heterocycles. The van der Waals surface area contributed by atoms with E-state index < -0.39 is 0 Å². The number of carbonyl (C=O) groups is 1. The minimum Gasteiger partial charge on any atom is -0.494 e. The quantitative estimate of drug-likeness (QED) is 0.741. The van der Waals surface area contributed by atoms with Crippen molar-refractivity contribution in [1.29, 1.82) is 0 Å². The monoisotopic (exact) mass is 264 g/mol. The Labute approximate surface area is 113 Å². The number of ether oxygens (including phenoxy) is 3. The van der Waals surface area contributed by atoms with Gasteiger partial charge in [0.25, 0.3) is 0 Å². The highest BCUT2D eigenvalue weighted by Crippen LogP contribution is 2.16. The van der Waals surface area contributed by atoms with E-state index in [1.165, 1.54) is 0 Å². The van der Waals surface area contributed by atoms with Crippen molar-refractivity contribution in [3.05, 3.63) is 29.8 Å². The minimum atomic E-state index is -0.322. The fourth-order valence-corrected chi connectivity index (χ4v) is 1.96.